The van der Waals surface area contributed by atoms with Gasteiger partial charge in [-0.05, 0) is 33.3 Å². The maximum absolute atomic E-state index is 10.1. The minimum atomic E-state index is -0.407. The molecule has 0 radical (unpaired) electrons. The molecule has 0 bridgehead atoms. The molecular weight excluding hydrogens is 222 g/mol. The molecule has 1 aromatic rings. The first-order valence-electron chi connectivity index (χ1n) is 6.57. The molecule has 0 aromatic heterocycles. The molecule has 1 unspecified atom stereocenters. The van der Waals surface area contributed by atoms with E-state index in [0.29, 0.717) is 0 Å². The van der Waals surface area contributed by atoms with Gasteiger partial charge in [0.15, 0.2) is 0 Å². The van der Waals surface area contributed by atoms with E-state index in [2.05, 4.69) is 38.3 Å². The SMILES string of the molecule is C=CCN(c1ccccc1C(O)CC)C(C)(C)C. The quantitative estimate of drug-likeness (QED) is 0.797. The van der Waals surface area contributed by atoms with Crippen molar-refractivity contribution in [2.45, 2.75) is 45.8 Å². The summed E-state index contributed by atoms with van der Waals surface area (Å²) in [7, 11) is 0. The van der Waals surface area contributed by atoms with Gasteiger partial charge in [-0.1, -0.05) is 31.2 Å². The van der Waals surface area contributed by atoms with Gasteiger partial charge >= 0.3 is 0 Å². The number of anilines is 1. The third-order valence-corrected chi connectivity index (χ3v) is 3.09. The van der Waals surface area contributed by atoms with Crippen LogP contribution < -0.4 is 4.90 Å². The van der Waals surface area contributed by atoms with Gasteiger partial charge < -0.3 is 10.0 Å². The molecular formula is C16H25NO. The molecule has 1 N–H and O–H groups in total. The van der Waals surface area contributed by atoms with Gasteiger partial charge in [0.25, 0.3) is 0 Å². The van der Waals surface area contributed by atoms with Gasteiger partial charge in [0.1, 0.15) is 0 Å². The van der Waals surface area contributed by atoms with E-state index < -0.39 is 6.10 Å². The zero-order valence-electron chi connectivity index (χ0n) is 12.0. The highest BCUT2D eigenvalue weighted by atomic mass is 16.3. The molecule has 100 valence electrons. The number of aliphatic hydroxyl groups is 1. The number of aliphatic hydroxyl groups excluding tert-OH is 1. The molecule has 1 atom stereocenters. The summed E-state index contributed by atoms with van der Waals surface area (Å²) in [5, 5.41) is 10.1. The summed E-state index contributed by atoms with van der Waals surface area (Å²) in [6, 6.07) is 8.07. The first-order chi connectivity index (χ1) is 8.41. The number of hydrogen-bond donors (Lipinski definition) is 1. The predicted octanol–water partition coefficient (Wildman–Crippen LogP) is 3.92. The highest BCUT2D eigenvalue weighted by Crippen LogP contribution is 2.32. The summed E-state index contributed by atoms with van der Waals surface area (Å²) in [6.07, 6.45) is 2.22. The van der Waals surface area contributed by atoms with E-state index in [9.17, 15) is 5.11 Å². The van der Waals surface area contributed by atoms with Crippen molar-refractivity contribution in [3.8, 4) is 0 Å². The first-order valence-corrected chi connectivity index (χ1v) is 6.57. The van der Waals surface area contributed by atoms with Gasteiger partial charge in [-0.25, -0.2) is 0 Å². The molecule has 0 aliphatic carbocycles. The summed E-state index contributed by atoms with van der Waals surface area (Å²) in [5.41, 5.74) is 2.09. The van der Waals surface area contributed by atoms with Crippen LogP contribution in [0.4, 0.5) is 5.69 Å². The Morgan fingerprint density at radius 3 is 2.44 bits per heavy atom. The summed E-state index contributed by atoms with van der Waals surface area (Å²) in [6.45, 7) is 13.1. The van der Waals surface area contributed by atoms with Crippen LogP contribution in [0, 0.1) is 0 Å². The Kier molecular flexibility index (Phi) is 4.97. The van der Waals surface area contributed by atoms with Crippen LogP contribution in [0.2, 0.25) is 0 Å². The zero-order chi connectivity index (χ0) is 13.8. The Labute approximate surface area is 111 Å². The fourth-order valence-electron chi connectivity index (χ4n) is 2.10. The van der Waals surface area contributed by atoms with E-state index in [0.717, 1.165) is 24.2 Å². The lowest BCUT2D eigenvalue weighted by Gasteiger charge is -2.38. The molecule has 1 aromatic carbocycles. The Balaban J connectivity index is 3.23. The van der Waals surface area contributed by atoms with E-state index in [1.807, 2.05) is 31.2 Å². The number of nitrogens with zero attached hydrogens (tertiary/aromatic N) is 1. The van der Waals surface area contributed by atoms with Crippen molar-refractivity contribution in [1.82, 2.24) is 0 Å². The first kappa shape index (κ1) is 14.8. The molecule has 0 spiro atoms. The van der Waals surface area contributed by atoms with Crippen molar-refractivity contribution >= 4 is 5.69 Å². The predicted molar refractivity (Wildman–Crippen MR) is 79.0 cm³/mol. The van der Waals surface area contributed by atoms with Crippen molar-refractivity contribution in [1.29, 1.82) is 0 Å². The number of benzene rings is 1. The molecule has 0 fully saturated rings. The largest absolute Gasteiger partial charge is 0.388 e. The van der Waals surface area contributed by atoms with Crippen LogP contribution in [0.3, 0.4) is 0 Å². The summed E-state index contributed by atoms with van der Waals surface area (Å²) in [4.78, 5) is 2.27. The number of hydrogen-bond acceptors (Lipinski definition) is 2. The fourth-order valence-corrected chi connectivity index (χ4v) is 2.10. The molecule has 0 amide bonds. The molecule has 0 saturated carbocycles. The second-order valence-corrected chi connectivity index (χ2v) is 5.55. The monoisotopic (exact) mass is 247 g/mol. The van der Waals surface area contributed by atoms with Crippen LogP contribution in [0.15, 0.2) is 36.9 Å². The second kappa shape index (κ2) is 6.05. The third kappa shape index (κ3) is 3.36. The minimum Gasteiger partial charge on any atom is -0.388 e. The minimum absolute atomic E-state index is 0.00223. The van der Waals surface area contributed by atoms with Crippen LogP contribution in [0.5, 0.6) is 0 Å². The van der Waals surface area contributed by atoms with Gasteiger partial charge in [0.2, 0.25) is 0 Å². The number of para-hydroxylation sites is 1. The van der Waals surface area contributed by atoms with Crippen LogP contribution in [-0.2, 0) is 0 Å². The Hall–Kier alpha value is -1.28. The second-order valence-electron chi connectivity index (χ2n) is 5.55. The lowest BCUT2D eigenvalue weighted by atomic mass is 9.99. The smallest absolute Gasteiger partial charge is 0.0807 e. The molecule has 2 heteroatoms. The van der Waals surface area contributed by atoms with Crippen molar-refractivity contribution in [2.75, 3.05) is 11.4 Å². The number of rotatable bonds is 5. The van der Waals surface area contributed by atoms with E-state index in [1.54, 1.807) is 0 Å². The zero-order valence-corrected chi connectivity index (χ0v) is 12.0. The maximum atomic E-state index is 10.1. The maximum Gasteiger partial charge on any atom is 0.0807 e. The van der Waals surface area contributed by atoms with E-state index in [4.69, 9.17) is 0 Å². The standard InChI is InChI=1S/C16H25NO/c1-6-12-17(16(3,4)5)14-11-9-8-10-13(14)15(18)7-2/h6,8-11,15,18H,1,7,12H2,2-5H3. The van der Waals surface area contributed by atoms with Crippen LogP contribution in [0.25, 0.3) is 0 Å². The van der Waals surface area contributed by atoms with Crippen molar-refractivity contribution in [3.05, 3.63) is 42.5 Å². The van der Waals surface area contributed by atoms with Gasteiger partial charge in [-0.15, -0.1) is 6.58 Å². The molecule has 0 aliphatic heterocycles. The Morgan fingerprint density at radius 2 is 1.94 bits per heavy atom. The molecule has 2 nitrogen and oxygen atoms in total. The van der Waals surface area contributed by atoms with Crippen LogP contribution in [-0.4, -0.2) is 17.2 Å². The van der Waals surface area contributed by atoms with Gasteiger partial charge in [0, 0.05) is 23.3 Å². The van der Waals surface area contributed by atoms with E-state index >= 15 is 0 Å². The topological polar surface area (TPSA) is 23.5 Å². The summed E-state index contributed by atoms with van der Waals surface area (Å²) in [5.74, 6) is 0. The summed E-state index contributed by atoms with van der Waals surface area (Å²) >= 11 is 0. The van der Waals surface area contributed by atoms with Crippen LogP contribution >= 0.6 is 0 Å². The molecule has 1 rings (SSSR count). The average Bonchev–Trinajstić information content (AvgIpc) is 2.33. The third-order valence-electron chi connectivity index (χ3n) is 3.09. The van der Waals surface area contributed by atoms with Gasteiger partial charge in [-0.3, -0.25) is 0 Å². The Bertz CT molecular complexity index is 392. The lowest BCUT2D eigenvalue weighted by Crippen LogP contribution is -2.42. The van der Waals surface area contributed by atoms with E-state index in [1.165, 1.54) is 0 Å². The van der Waals surface area contributed by atoms with E-state index in [-0.39, 0.29) is 5.54 Å². The molecule has 0 heterocycles. The van der Waals surface area contributed by atoms with Crippen molar-refractivity contribution < 1.29 is 5.11 Å². The van der Waals surface area contributed by atoms with Crippen molar-refractivity contribution in [3.63, 3.8) is 0 Å². The highest BCUT2D eigenvalue weighted by Gasteiger charge is 2.24. The lowest BCUT2D eigenvalue weighted by molar-refractivity contribution is 0.174. The van der Waals surface area contributed by atoms with Crippen molar-refractivity contribution in [2.24, 2.45) is 0 Å². The molecule has 0 aliphatic rings. The van der Waals surface area contributed by atoms with Gasteiger partial charge in [0.05, 0.1) is 6.10 Å². The highest BCUT2D eigenvalue weighted by molar-refractivity contribution is 5.56. The fraction of sp³-hybridized carbons (Fsp3) is 0.500. The molecule has 18 heavy (non-hydrogen) atoms. The van der Waals surface area contributed by atoms with Gasteiger partial charge in [-0.2, -0.15) is 0 Å². The average molecular weight is 247 g/mol. The molecule has 0 saturated heterocycles. The summed E-state index contributed by atoms with van der Waals surface area (Å²) < 4.78 is 0. The Morgan fingerprint density at radius 1 is 1.33 bits per heavy atom. The normalized spacial score (nSPS) is 13.2. The van der Waals surface area contributed by atoms with Crippen LogP contribution in [0.1, 0.15) is 45.8 Å².